The second-order valence-electron chi connectivity index (χ2n) is 5.14. The quantitative estimate of drug-likeness (QED) is 0.776. The summed E-state index contributed by atoms with van der Waals surface area (Å²) in [5, 5.41) is 3.08. The van der Waals surface area contributed by atoms with Crippen LogP contribution in [0.3, 0.4) is 0 Å². The van der Waals surface area contributed by atoms with Crippen molar-refractivity contribution in [3.63, 3.8) is 0 Å². The predicted molar refractivity (Wildman–Crippen MR) is 83.8 cm³/mol. The van der Waals surface area contributed by atoms with Gasteiger partial charge in [-0.15, -0.1) is 0 Å². The van der Waals surface area contributed by atoms with Crippen molar-refractivity contribution in [3.8, 4) is 0 Å². The van der Waals surface area contributed by atoms with Gasteiger partial charge in [0.1, 0.15) is 0 Å². The highest BCUT2D eigenvalue weighted by Gasteiger charge is 2.25. The molecular weight excluding hydrogens is 250 g/mol. The summed E-state index contributed by atoms with van der Waals surface area (Å²) >= 11 is 0. The van der Waals surface area contributed by atoms with Crippen molar-refractivity contribution in [2.75, 3.05) is 40.8 Å². The predicted octanol–water partition coefficient (Wildman–Crippen LogP) is 1.23. The molecule has 0 fully saturated rings. The van der Waals surface area contributed by atoms with Gasteiger partial charge in [0.05, 0.1) is 6.04 Å². The van der Waals surface area contributed by atoms with Crippen molar-refractivity contribution in [1.29, 1.82) is 0 Å². The number of rotatable bonds is 8. The number of carbonyl (C=O) groups is 1. The van der Waals surface area contributed by atoms with Crippen LogP contribution >= 0.6 is 0 Å². The van der Waals surface area contributed by atoms with E-state index in [0.717, 1.165) is 26.1 Å². The minimum atomic E-state index is -0.0933. The maximum Gasteiger partial charge on any atom is 0.240 e. The lowest BCUT2D eigenvalue weighted by molar-refractivity contribution is -0.135. The molecule has 0 saturated heterocycles. The van der Waals surface area contributed by atoms with Crippen molar-refractivity contribution in [3.05, 3.63) is 35.9 Å². The SMILES string of the molecule is CCN(C)C(Cc1ccccc1)C(=O)N(C)CCNC. The van der Waals surface area contributed by atoms with E-state index in [1.807, 2.05) is 44.2 Å². The second-order valence-corrected chi connectivity index (χ2v) is 5.14. The highest BCUT2D eigenvalue weighted by atomic mass is 16.2. The largest absolute Gasteiger partial charge is 0.343 e. The summed E-state index contributed by atoms with van der Waals surface area (Å²) in [6, 6.07) is 10.1. The topological polar surface area (TPSA) is 35.6 Å². The lowest BCUT2D eigenvalue weighted by Crippen LogP contribution is -2.48. The first kappa shape index (κ1) is 16.7. The fourth-order valence-electron chi connectivity index (χ4n) is 2.13. The third-order valence-corrected chi connectivity index (χ3v) is 3.66. The summed E-state index contributed by atoms with van der Waals surface area (Å²) in [5.74, 6) is 0.188. The molecule has 0 spiro atoms. The van der Waals surface area contributed by atoms with E-state index in [1.54, 1.807) is 0 Å². The minimum Gasteiger partial charge on any atom is -0.343 e. The van der Waals surface area contributed by atoms with Crippen molar-refractivity contribution >= 4 is 5.91 Å². The zero-order valence-electron chi connectivity index (χ0n) is 13.1. The molecule has 0 radical (unpaired) electrons. The molecule has 4 heteroatoms. The van der Waals surface area contributed by atoms with Gasteiger partial charge in [-0.05, 0) is 32.6 Å². The molecule has 0 aromatic heterocycles. The summed E-state index contributed by atoms with van der Waals surface area (Å²) in [7, 11) is 5.79. The molecule has 20 heavy (non-hydrogen) atoms. The average Bonchev–Trinajstić information content (AvgIpc) is 2.49. The molecule has 0 bridgehead atoms. The van der Waals surface area contributed by atoms with Gasteiger partial charge in [0.25, 0.3) is 0 Å². The van der Waals surface area contributed by atoms with Gasteiger partial charge in [0.2, 0.25) is 5.91 Å². The molecule has 1 N–H and O–H groups in total. The normalized spacial score (nSPS) is 12.4. The van der Waals surface area contributed by atoms with Crippen LogP contribution in [0.15, 0.2) is 30.3 Å². The third-order valence-electron chi connectivity index (χ3n) is 3.66. The molecule has 1 atom stereocenters. The molecule has 0 aliphatic carbocycles. The van der Waals surface area contributed by atoms with E-state index in [1.165, 1.54) is 5.56 Å². The van der Waals surface area contributed by atoms with E-state index in [2.05, 4.69) is 29.3 Å². The zero-order chi connectivity index (χ0) is 15.0. The van der Waals surface area contributed by atoms with Gasteiger partial charge in [-0.2, -0.15) is 0 Å². The second kappa shape index (κ2) is 8.72. The number of nitrogens with zero attached hydrogens (tertiary/aromatic N) is 2. The Hall–Kier alpha value is -1.39. The standard InChI is InChI=1S/C16H27N3O/c1-5-18(3)15(13-14-9-7-6-8-10-14)16(20)19(4)12-11-17-2/h6-10,15,17H,5,11-13H2,1-4H3. The van der Waals surface area contributed by atoms with Gasteiger partial charge in [0.15, 0.2) is 0 Å². The van der Waals surface area contributed by atoms with Gasteiger partial charge >= 0.3 is 0 Å². The Morgan fingerprint density at radius 1 is 1.25 bits per heavy atom. The van der Waals surface area contributed by atoms with Crippen LogP contribution in [0.5, 0.6) is 0 Å². The third kappa shape index (κ3) is 4.94. The van der Waals surface area contributed by atoms with Crippen LogP contribution in [0.1, 0.15) is 12.5 Å². The van der Waals surface area contributed by atoms with Crippen molar-refractivity contribution in [2.45, 2.75) is 19.4 Å². The smallest absolute Gasteiger partial charge is 0.240 e. The molecule has 1 amide bonds. The first-order valence-corrected chi connectivity index (χ1v) is 7.23. The zero-order valence-corrected chi connectivity index (χ0v) is 13.1. The van der Waals surface area contributed by atoms with Crippen molar-refractivity contribution in [1.82, 2.24) is 15.1 Å². The van der Waals surface area contributed by atoms with Crippen LogP contribution in [0.25, 0.3) is 0 Å². The summed E-state index contributed by atoms with van der Waals surface area (Å²) < 4.78 is 0. The van der Waals surface area contributed by atoms with Gasteiger partial charge in [0, 0.05) is 20.1 Å². The van der Waals surface area contributed by atoms with Crippen LogP contribution in [0, 0.1) is 0 Å². The number of amides is 1. The van der Waals surface area contributed by atoms with E-state index in [-0.39, 0.29) is 11.9 Å². The molecule has 1 aromatic rings. The number of benzene rings is 1. The molecule has 0 aliphatic heterocycles. The summed E-state index contributed by atoms with van der Waals surface area (Å²) in [4.78, 5) is 16.5. The Morgan fingerprint density at radius 2 is 1.90 bits per heavy atom. The van der Waals surface area contributed by atoms with E-state index >= 15 is 0 Å². The molecule has 0 aliphatic rings. The molecule has 0 saturated carbocycles. The fourth-order valence-corrected chi connectivity index (χ4v) is 2.13. The Morgan fingerprint density at radius 3 is 2.45 bits per heavy atom. The number of carbonyl (C=O) groups excluding carboxylic acids is 1. The number of nitrogens with one attached hydrogen (secondary N) is 1. The van der Waals surface area contributed by atoms with Crippen molar-refractivity contribution in [2.24, 2.45) is 0 Å². The number of likely N-dealkylation sites (N-methyl/N-ethyl adjacent to an activating group) is 3. The summed E-state index contributed by atoms with van der Waals surface area (Å²) in [5.41, 5.74) is 1.20. The number of hydrogen-bond donors (Lipinski definition) is 1. The van der Waals surface area contributed by atoms with Gasteiger partial charge in [-0.3, -0.25) is 9.69 Å². The molecule has 4 nitrogen and oxygen atoms in total. The van der Waals surface area contributed by atoms with Crippen LogP contribution in [0.2, 0.25) is 0 Å². The first-order chi connectivity index (χ1) is 9.60. The molecule has 1 unspecified atom stereocenters. The maximum atomic E-state index is 12.6. The minimum absolute atomic E-state index is 0.0933. The Kier molecular flexibility index (Phi) is 7.26. The lowest BCUT2D eigenvalue weighted by Gasteiger charge is -2.30. The molecular formula is C16H27N3O. The molecule has 1 aromatic carbocycles. The summed E-state index contributed by atoms with van der Waals surface area (Å²) in [6.07, 6.45) is 0.758. The Labute approximate surface area is 122 Å². The lowest BCUT2D eigenvalue weighted by atomic mass is 10.0. The van der Waals surface area contributed by atoms with E-state index < -0.39 is 0 Å². The Balaban J connectivity index is 2.76. The maximum absolute atomic E-state index is 12.6. The highest BCUT2D eigenvalue weighted by Crippen LogP contribution is 2.10. The van der Waals surface area contributed by atoms with Crippen LogP contribution < -0.4 is 5.32 Å². The van der Waals surface area contributed by atoms with Crippen LogP contribution in [-0.2, 0) is 11.2 Å². The molecule has 0 heterocycles. The molecule has 112 valence electrons. The molecule has 1 rings (SSSR count). The van der Waals surface area contributed by atoms with E-state index in [4.69, 9.17) is 0 Å². The van der Waals surface area contributed by atoms with Gasteiger partial charge < -0.3 is 10.2 Å². The van der Waals surface area contributed by atoms with Crippen LogP contribution in [0.4, 0.5) is 0 Å². The van der Waals surface area contributed by atoms with Crippen molar-refractivity contribution < 1.29 is 4.79 Å². The van der Waals surface area contributed by atoms with Gasteiger partial charge in [-0.1, -0.05) is 37.3 Å². The highest BCUT2D eigenvalue weighted by molar-refractivity contribution is 5.82. The van der Waals surface area contributed by atoms with E-state index in [9.17, 15) is 4.79 Å². The van der Waals surface area contributed by atoms with Gasteiger partial charge in [-0.25, -0.2) is 0 Å². The van der Waals surface area contributed by atoms with E-state index in [0.29, 0.717) is 0 Å². The average molecular weight is 277 g/mol. The number of hydrogen-bond acceptors (Lipinski definition) is 3. The fraction of sp³-hybridized carbons (Fsp3) is 0.562. The Bertz CT molecular complexity index is 394. The van der Waals surface area contributed by atoms with Crippen LogP contribution in [-0.4, -0.2) is 62.5 Å². The monoisotopic (exact) mass is 277 g/mol. The summed E-state index contributed by atoms with van der Waals surface area (Å²) in [6.45, 7) is 4.50. The first-order valence-electron chi connectivity index (χ1n) is 7.23.